The Morgan fingerprint density at radius 3 is 2.52 bits per heavy atom. The number of rotatable bonds is 5. The molecule has 0 unspecified atom stereocenters. The van der Waals surface area contributed by atoms with Gasteiger partial charge >= 0.3 is 5.97 Å². The van der Waals surface area contributed by atoms with Crippen molar-refractivity contribution in [2.45, 2.75) is 59.4 Å². The number of aryl methyl sites for hydroxylation is 2. The van der Waals surface area contributed by atoms with Gasteiger partial charge < -0.3 is 14.6 Å². The first kappa shape index (κ1) is 20.7. The minimum Gasteiger partial charge on any atom is -0.452 e. The van der Waals surface area contributed by atoms with Crippen molar-refractivity contribution < 1.29 is 14.3 Å². The molecule has 1 aromatic heterocycles. The number of carbonyl (C=O) groups is 2. The van der Waals surface area contributed by atoms with Crippen molar-refractivity contribution in [2.75, 3.05) is 11.9 Å². The second-order valence-corrected chi connectivity index (χ2v) is 7.80. The van der Waals surface area contributed by atoms with Crippen LogP contribution in [0.5, 0.6) is 0 Å². The molecule has 1 aromatic carbocycles. The van der Waals surface area contributed by atoms with Gasteiger partial charge in [0.2, 0.25) is 0 Å². The van der Waals surface area contributed by atoms with Crippen molar-refractivity contribution >= 4 is 17.7 Å². The number of nitriles is 1. The topological polar surface area (TPSA) is 84.1 Å². The molecule has 152 valence electrons. The predicted octanol–water partition coefficient (Wildman–Crippen LogP) is 4.50. The molecule has 1 saturated carbocycles. The zero-order valence-electron chi connectivity index (χ0n) is 17.5. The molecule has 0 saturated heterocycles. The average molecular weight is 393 g/mol. The zero-order chi connectivity index (χ0) is 21.1. The fourth-order valence-corrected chi connectivity index (χ4v) is 4.13. The van der Waals surface area contributed by atoms with Crippen LogP contribution < -0.4 is 5.32 Å². The molecule has 1 N–H and O–H groups in total. The molecule has 0 bridgehead atoms. The lowest BCUT2D eigenvalue weighted by molar-refractivity contribution is -0.119. The Balaban J connectivity index is 1.74. The van der Waals surface area contributed by atoms with Gasteiger partial charge in [0.25, 0.3) is 5.91 Å². The molecule has 1 fully saturated rings. The minimum absolute atomic E-state index is 0.281. The van der Waals surface area contributed by atoms with Crippen molar-refractivity contribution in [1.82, 2.24) is 4.57 Å². The smallest absolute Gasteiger partial charge is 0.338 e. The first-order chi connectivity index (χ1) is 13.8. The van der Waals surface area contributed by atoms with Crippen molar-refractivity contribution in [2.24, 2.45) is 0 Å². The summed E-state index contributed by atoms with van der Waals surface area (Å²) in [5, 5.41) is 12.4. The fourth-order valence-electron chi connectivity index (χ4n) is 4.13. The summed E-state index contributed by atoms with van der Waals surface area (Å²) in [6.45, 7) is 7.26. The maximum atomic E-state index is 12.5. The molecule has 1 amide bonds. The number of ether oxygens (including phenoxy) is 1. The molecule has 6 nitrogen and oxygen atoms in total. The summed E-state index contributed by atoms with van der Waals surface area (Å²) in [7, 11) is 0. The van der Waals surface area contributed by atoms with Gasteiger partial charge in [-0.15, -0.1) is 0 Å². The average Bonchev–Trinajstić information content (AvgIpc) is 3.27. The lowest BCUT2D eigenvalue weighted by Gasteiger charge is -2.19. The van der Waals surface area contributed by atoms with E-state index in [9.17, 15) is 14.9 Å². The fraction of sp³-hybridized carbons (Fsp3) is 0.435. The van der Waals surface area contributed by atoms with E-state index in [1.807, 2.05) is 39.8 Å². The van der Waals surface area contributed by atoms with Crippen LogP contribution in [0.3, 0.4) is 0 Å². The third-order valence-electron chi connectivity index (χ3n) is 5.75. The second-order valence-electron chi connectivity index (χ2n) is 7.80. The van der Waals surface area contributed by atoms with Crippen molar-refractivity contribution in [3.05, 3.63) is 51.7 Å². The Bertz CT molecular complexity index is 992. The van der Waals surface area contributed by atoms with Gasteiger partial charge in [-0.05, 0) is 57.7 Å². The lowest BCUT2D eigenvalue weighted by Crippen LogP contribution is -2.24. The Morgan fingerprint density at radius 1 is 1.21 bits per heavy atom. The van der Waals surface area contributed by atoms with Crippen LogP contribution in [0.4, 0.5) is 5.82 Å². The van der Waals surface area contributed by atoms with Crippen LogP contribution in [0.2, 0.25) is 0 Å². The Kier molecular flexibility index (Phi) is 6.07. The predicted molar refractivity (Wildman–Crippen MR) is 111 cm³/mol. The van der Waals surface area contributed by atoms with Crippen LogP contribution in [-0.2, 0) is 9.53 Å². The molecule has 0 spiro atoms. The number of nitrogens with zero attached hydrogens (tertiary/aromatic N) is 2. The highest BCUT2D eigenvalue weighted by Crippen LogP contribution is 2.37. The van der Waals surface area contributed by atoms with E-state index in [-0.39, 0.29) is 6.04 Å². The number of nitrogens with one attached hydrogen (secondary N) is 1. The number of anilines is 1. The van der Waals surface area contributed by atoms with Gasteiger partial charge in [0.15, 0.2) is 6.61 Å². The molecule has 1 aliphatic carbocycles. The maximum Gasteiger partial charge on any atom is 0.338 e. The van der Waals surface area contributed by atoms with E-state index < -0.39 is 18.5 Å². The number of amides is 1. The number of benzene rings is 1. The second kappa shape index (κ2) is 8.52. The first-order valence-electron chi connectivity index (χ1n) is 9.99. The minimum atomic E-state index is -0.531. The Morgan fingerprint density at radius 2 is 1.90 bits per heavy atom. The molecule has 0 atom stereocenters. The SMILES string of the molecule is Cc1ccc(C(=O)OCC(=O)Nc2c(C#N)c(C)c(C)n2C2CCCC2)c(C)c1. The van der Waals surface area contributed by atoms with E-state index in [2.05, 4.69) is 16.0 Å². The molecule has 0 aliphatic heterocycles. The normalized spacial score (nSPS) is 13.9. The maximum absolute atomic E-state index is 12.5. The van der Waals surface area contributed by atoms with Crippen molar-refractivity contribution in [3.63, 3.8) is 0 Å². The standard InChI is InChI=1S/C23H27N3O3/c1-14-9-10-19(15(2)11-14)23(28)29-13-21(27)25-22-20(12-24)16(3)17(4)26(22)18-7-5-6-8-18/h9-11,18H,5-8,13H2,1-4H3,(H,25,27). The van der Waals surface area contributed by atoms with Gasteiger partial charge in [0.1, 0.15) is 11.9 Å². The van der Waals surface area contributed by atoms with Crippen LogP contribution in [0.1, 0.15) is 70.0 Å². The summed E-state index contributed by atoms with van der Waals surface area (Å²) < 4.78 is 7.29. The molecular weight excluding hydrogens is 366 g/mol. The van der Waals surface area contributed by atoms with E-state index in [0.717, 1.165) is 48.1 Å². The third kappa shape index (κ3) is 4.19. The van der Waals surface area contributed by atoms with Crippen LogP contribution >= 0.6 is 0 Å². The van der Waals surface area contributed by atoms with E-state index in [1.54, 1.807) is 6.07 Å². The summed E-state index contributed by atoms with van der Waals surface area (Å²) in [5.41, 5.74) is 4.66. The molecule has 2 aromatic rings. The molecule has 1 heterocycles. The lowest BCUT2D eigenvalue weighted by atomic mass is 10.1. The number of hydrogen-bond acceptors (Lipinski definition) is 4. The van der Waals surface area contributed by atoms with Crippen LogP contribution in [0, 0.1) is 39.0 Å². The summed E-state index contributed by atoms with van der Waals surface area (Å²) >= 11 is 0. The van der Waals surface area contributed by atoms with Gasteiger partial charge in [0, 0.05) is 11.7 Å². The highest BCUT2D eigenvalue weighted by atomic mass is 16.5. The van der Waals surface area contributed by atoms with E-state index in [4.69, 9.17) is 4.74 Å². The first-order valence-corrected chi connectivity index (χ1v) is 9.99. The number of carbonyl (C=O) groups excluding carboxylic acids is 2. The molecule has 0 radical (unpaired) electrons. The molecule has 3 rings (SSSR count). The summed E-state index contributed by atoms with van der Waals surface area (Å²) in [4.78, 5) is 24.9. The zero-order valence-corrected chi connectivity index (χ0v) is 17.5. The van der Waals surface area contributed by atoms with Gasteiger partial charge in [0.05, 0.1) is 11.1 Å². The highest BCUT2D eigenvalue weighted by molar-refractivity contribution is 5.96. The number of esters is 1. The van der Waals surface area contributed by atoms with Gasteiger partial charge in [-0.1, -0.05) is 30.5 Å². The summed E-state index contributed by atoms with van der Waals surface area (Å²) in [5.74, 6) is -0.463. The number of aromatic nitrogens is 1. The largest absolute Gasteiger partial charge is 0.452 e. The Hall–Kier alpha value is -3.07. The van der Waals surface area contributed by atoms with Crippen LogP contribution in [0.15, 0.2) is 18.2 Å². The van der Waals surface area contributed by atoms with Gasteiger partial charge in [-0.2, -0.15) is 5.26 Å². The molecule has 29 heavy (non-hydrogen) atoms. The summed E-state index contributed by atoms with van der Waals surface area (Å²) in [6.07, 6.45) is 4.35. The van der Waals surface area contributed by atoms with Gasteiger partial charge in [-0.25, -0.2) is 4.79 Å². The highest BCUT2D eigenvalue weighted by Gasteiger charge is 2.27. The third-order valence-corrected chi connectivity index (χ3v) is 5.75. The molecule has 6 heteroatoms. The number of hydrogen-bond donors (Lipinski definition) is 1. The van der Waals surface area contributed by atoms with E-state index in [1.165, 1.54) is 0 Å². The van der Waals surface area contributed by atoms with Gasteiger partial charge in [-0.3, -0.25) is 4.79 Å². The van der Waals surface area contributed by atoms with E-state index in [0.29, 0.717) is 16.9 Å². The van der Waals surface area contributed by atoms with Crippen LogP contribution in [-0.4, -0.2) is 23.1 Å². The molecule has 1 aliphatic rings. The molecular formula is C23H27N3O3. The van der Waals surface area contributed by atoms with E-state index >= 15 is 0 Å². The monoisotopic (exact) mass is 393 g/mol. The Labute approximate surface area is 171 Å². The van der Waals surface area contributed by atoms with Crippen LogP contribution in [0.25, 0.3) is 0 Å². The quantitative estimate of drug-likeness (QED) is 0.758. The summed E-state index contributed by atoms with van der Waals surface area (Å²) in [6, 6.07) is 7.94. The van der Waals surface area contributed by atoms with Crippen molar-refractivity contribution in [3.8, 4) is 6.07 Å². The van der Waals surface area contributed by atoms with Crippen molar-refractivity contribution in [1.29, 1.82) is 5.26 Å².